The first kappa shape index (κ1) is 19.7. The summed E-state index contributed by atoms with van der Waals surface area (Å²) in [7, 11) is 0. The van der Waals surface area contributed by atoms with Gasteiger partial charge in [0.05, 0.1) is 18.8 Å². The monoisotopic (exact) mass is 416 g/mol. The molecule has 0 aliphatic carbocycles. The van der Waals surface area contributed by atoms with Crippen molar-refractivity contribution in [3.63, 3.8) is 0 Å². The summed E-state index contributed by atoms with van der Waals surface area (Å²) < 4.78 is 5.13. The minimum Gasteiger partial charge on any atom is -0.459 e. The molecular weight excluding hydrogens is 392 g/mol. The number of carbonyl (C=O) groups is 3. The lowest BCUT2D eigenvalue weighted by molar-refractivity contribution is -0.129. The predicted octanol–water partition coefficient (Wildman–Crippen LogP) is 1.11. The Kier molecular flexibility index (Phi) is 5.96. The van der Waals surface area contributed by atoms with E-state index in [1.807, 2.05) is 17.5 Å². The SMILES string of the molecule is O=C(CCC1CNC(=O)C2CC(NC(=O)c3ccco3)CN12)NCc1cccs1. The van der Waals surface area contributed by atoms with Gasteiger partial charge < -0.3 is 20.4 Å². The molecule has 3 atom stereocenters. The smallest absolute Gasteiger partial charge is 0.287 e. The normalized spacial score (nSPS) is 24.0. The number of rotatable bonds is 7. The van der Waals surface area contributed by atoms with Gasteiger partial charge in [0.1, 0.15) is 0 Å². The van der Waals surface area contributed by atoms with Gasteiger partial charge in [-0.1, -0.05) is 6.07 Å². The second-order valence-electron chi connectivity index (χ2n) is 7.39. The maximum atomic E-state index is 12.3. The van der Waals surface area contributed by atoms with Crippen LogP contribution in [-0.4, -0.2) is 53.8 Å². The molecule has 0 bridgehead atoms. The van der Waals surface area contributed by atoms with Gasteiger partial charge in [0.2, 0.25) is 11.8 Å². The summed E-state index contributed by atoms with van der Waals surface area (Å²) in [6.45, 7) is 1.66. The molecule has 2 saturated heterocycles. The minimum absolute atomic E-state index is 0.00807. The first-order valence-electron chi connectivity index (χ1n) is 9.77. The number of furan rings is 1. The molecule has 0 aromatic carbocycles. The van der Waals surface area contributed by atoms with Crippen molar-refractivity contribution in [3.05, 3.63) is 46.5 Å². The molecule has 0 spiro atoms. The van der Waals surface area contributed by atoms with Crippen molar-refractivity contribution in [1.29, 1.82) is 0 Å². The highest BCUT2D eigenvalue weighted by Crippen LogP contribution is 2.26. The van der Waals surface area contributed by atoms with Gasteiger partial charge in [-0.25, -0.2) is 0 Å². The Hall–Kier alpha value is -2.65. The average molecular weight is 417 g/mol. The quantitative estimate of drug-likeness (QED) is 0.627. The first-order chi connectivity index (χ1) is 14.1. The predicted molar refractivity (Wildman–Crippen MR) is 107 cm³/mol. The van der Waals surface area contributed by atoms with E-state index < -0.39 is 0 Å². The van der Waals surface area contributed by atoms with Crippen molar-refractivity contribution in [2.24, 2.45) is 0 Å². The maximum Gasteiger partial charge on any atom is 0.287 e. The van der Waals surface area contributed by atoms with Crippen molar-refractivity contribution >= 4 is 29.1 Å². The molecule has 3 unspecified atom stereocenters. The molecule has 2 fully saturated rings. The number of hydrogen-bond acceptors (Lipinski definition) is 6. The topological polar surface area (TPSA) is 104 Å². The molecule has 2 aliphatic rings. The molecule has 154 valence electrons. The van der Waals surface area contributed by atoms with Gasteiger partial charge in [-0.2, -0.15) is 0 Å². The Morgan fingerprint density at radius 1 is 1.31 bits per heavy atom. The van der Waals surface area contributed by atoms with Gasteiger partial charge >= 0.3 is 0 Å². The second-order valence-corrected chi connectivity index (χ2v) is 8.42. The van der Waals surface area contributed by atoms with Crippen LogP contribution >= 0.6 is 11.3 Å². The molecule has 4 heterocycles. The van der Waals surface area contributed by atoms with Crippen molar-refractivity contribution in [2.45, 2.75) is 43.9 Å². The Morgan fingerprint density at radius 3 is 2.97 bits per heavy atom. The molecule has 4 rings (SSSR count). The fraction of sp³-hybridized carbons (Fsp3) is 0.450. The van der Waals surface area contributed by atoms with Crippen molar-refractivity contribution in [1.82, 2.24) is 20.9 Å². The van der Waals surface area contributed by atoms with Crippen LogP contribution in [0.1, 0.15) is 34.7 Å². The fourth-order valence-corrected chi connectivity index (χ4v) is 4.64. The summed E-state index contributed by atoms with van der Waals surface area (Å²) in [5.41, 5.74) is 0. The number of fused-ring (bicyclic) bond motifs is 1. The molecule has 2 aromatic rings. The Morgan fingerprint density at radius 2 is 2.21 bits per heavy atom. The minimum atomic E-state index is -0.273. The van der Waals surface area contributed by atoms with E-state index in [0.717, 1.165) is 4.88 Å². The van der Waals surface area contributed by atoms with E-state index in [1.165, 1.54) is 6.26 Å². The van der Waals surface area contributed by atoms with Crippen molar-refractivity contribution < 1.29 is 18.8 Å². The molecule has 0 radical (unpaired) electrons. The van der Waals surface area contributed by atoms with Crippen LogP contribution in [0.5, 0.6) is 0 Å². The zero-order chi connectivity index (χ0) is 20.2. The molecule has 2 aliphatic heterocycles. The Bertz CT molecular complexity index is 852. The summed E-state index contributed by atoms with van der Waals surface area (Å²) in [6.07, 6.45) is 3.07. The lowest BCUT2D eigenvalue weighted by Crippen LogP contribution is -2.58. The Balaban J connectivity index is 1.29. The molecule has 2 aromatic heterocycles. The van der Waals surface area contributed by atoms with Crippen LogP contribution in [0, 0.1) is 0 Å². The van der Waals surface area contributed by atoms with E-state index in [4.69, 9.17) is 4.42 Å². The number of piperazine rings is 1. The van der Waals surface area contributed by atoms with E-state index in [9.17, 15) is 14.4 Å². The van der Waals surface area contributed by atoms with E-state index >= 15 is 0 Å². The van der Waals surface area contributed by atoms with Gasteiger partial charge in [0.15, 0.2) is 5.76 Å². The van der Waals surface area contributed by atoms with E-state index in [2.05, 4.69) is 20.9 Å². The third-order valence-corrected chi connectivity index (χ3v) is 6.32. The third kappa shape index (κ3) is 4.68. The van der Waals surface area contributed by atoms with Crippen LogP contribution < -0.4 is 16.0 Å². The molecule has 29 heavy (non-hydrogen) atoms. The highest BCUT2D eigenvalue weighted by atomic mass is 32.1. The lowest BCUT2D eigenvalue weighted by atomic mass is 10.0. The summed E-state index contributed by atoms with van der Waals surface area (Å²) in [6, 6.07) is 6.91. The molecule has 3 N–H and O–H groups in total. The summed E-state index contributed by atoms with van der Waals surface area (Å²) in [5.74, 6) is -0.0186. The standard InChI is InChI=1S/C20H24N4O4S/c25-18(21-11-15-3-2-8-29-15)6-5-14-10-22-19(26)16-9-13(12-24(14)16)23-20(27)17-4-1-7-28-17/h1-4,7-8,13-14,16H,5-6,9-12H2,(H,21,25)(H,22,26)(H,23,27). The van der Waals surface area contributed by atoms with E-state index in [0.29, 0.717) is 38.9 Å². The number of nitrogens with one attached hydrogen (secondary N) is 3. The van der Waals surface area contributed by atoms with Crippen molar-refractivity contribution in [2.75, 3.05) is 13.1 Å². The van der Waals surface area contributed by atoms with Crippen LogP contribution in [0.15, 0.2) is 40.3 Å². The molecular formula is C20H24N4O4S. The fourth-order valence-electron chi connectivity index (χ4n) is 4.00. The number of carbonyl (C=O) groups excluding carboxylic acids is 3. The molecule has 0 saturated carbocycles. The lowest BCUT2D eigenvalue weighted by Gasteiger charge is -2.37. The van der Waals surface area contributed by atoms with Gasteiger partial charge in [0, 0.05) is 36.5 Å². The third-order valence-electron chi connectivity index (χ3n) is 5.45. The van der Waals surface area contributed by atoms with E-state index in [-0.39, 0.29) is 41.6 Å². The highest BCUT2D eigenvalue weighted by molar-refractivity contribution is 7.09. The average Bonchev–Trinajstić information content (AvgIpc) is 3.47. The summed E-state index contributed by atoms with van der Waals surface area (Å²) in [4.78, 5) is 40.0. The van der Waals surface area contributed by atoms with Crippen molar-refractivity contribution in [3.8, 4) is 0 Å². The maximum absolute atomic E-state index is 12.3. The van der Waals surface area contributed by atoms with Gasteiger partial charge in [-0.05, 0) is 36.4 Å². The van der Waals surface area contributed by atoms with Crippen LogP contribution in [0.4, 0.5) is 0 Å². The Labute approximate surface area is 172 Å². The molecule has 9 heteroatoms. The van der Waals surface area contributed by atoms with Crippen LogP contribution in [-0.2, 0) is 16.1 Å². The number of thiophene rings is 1. The zero-order valence-electron chi connectivity index (χ0n) is 15.9. The van der Waals surface area contributed by atoms with Crippen LogP contribution in [0.25, 0.3) is 0 Å². The number of hydrogen-bond donors (Lipinski definition) is 3. The largest absolute Gasteiger partial charge is 0.459 e. The zero-order valence-corrected chi connectivity index (χ0v) is 16.7. The molecule has 8 nitrogen and oxygen atoms in total. The van der Waals surface area contributed by atoms with Crippen LogP contribution in [0.3, 0.4) is 0 Å². The highest BCUT2D eigenvalue weighted by Gasteiger charge is 2.43. The molecule has 3 amide bonds. The summed E-state index contributed by atoms with van der Waals surface area (Å²) in [5, 5.41) is 10.8. The first-order valence-corrected chi connectivity index (χ1v) is 10.6. The number of nitrogens with zero attached hydrogens (tertiary/aromatic N) is 1. The van der Waals surface area contributed by atoms with Gasteiger partial charge in [-0.15, -0.1) is 11.3 Å². The van der Waals surface area contributed by atoms with Crippen LogP contribution in [0.2, 0.25) is 0 Å². The summed E-state index contributed by atoms with van der Waals surface area (Å²) >= 11 is 1.62. The van der Waals surface area contributed by atoms with Gasteiger partial charge in [0.25, 0.3) is 5.91 Å². The van der Waals surface area contributed by atoms with Gasteiger partial charge in [-0.3, -0.25) is 19.3 Å². The number of amides is 3. The van der Waals surface area contributed by atoms with E-state index in [1.54, 1.807) is 23.5 Å². The second kappa shape index (κ2) is 8.79.